The van der Waals surface area contributed by atoms with Crippen LogP contribution in [0, 0.1) is 0 Å². The minimum Gasteiger partial charge on any atom is -0.364 e. The Hall–Kier alpha value is -1.41. The van der Waals surface area contributed by atoms with Gasteiger partial charge >= 0.3 is 0 Å². The quantitative estimate of drug-likeness (QED) is 0.622. The molecule has 1 aromatic carbocycles. The Bertz CT molecular complexity index is 763. The van der Waals surface area contributed by atoms with Crippen molar-refractivity contribution in [2.24, 2.45) is 0 Å². The van der Waals surface area contributed by atoms with Gasteiger partial charge in [-0.3, -0.25) is 9.89 Å². The second-order valence-corrected chi connectivity index (χ2v) is 6.88. The molecule has 26 heavy (non-hydrogen) atoms. The van der Waals surface area contributed by atoms with Crippen LogP contribution >= 0.6 is 34.8 Å². The molecule has 0 aliphatic carbocycles. The number of H-pyrrole nitrogens is 1. The van der Waals surface area contributed by atoms with Crippen molar-refractivity contribution < 1.29 is 18.3 Å². The van der Waals surface area contributed by atoms with Gasteiger partial charge in [-0.25, -0.2) is 8.78 Å². The minimum atomic E-state index is -2.85. The number of nitrogens with zero attached hydrogens (tertiary/aromatic N) is 2. The lowest BCUT2D eigenvalue weighted by Crippen LogP contribution is -2.36. The molecule has 0 saturated carbocycles. The number of methoxy groups -OCH3 is 1. The van der Waals surface area contributed by atoms with Gasteiger partial charge in [0.1, 0.15) is 12.4 Å². The van der Waals surface area contributed by atoms with Crippen LogP contribution in [0.3, 0.4) is 0 Å². The molecule has 2 aromatic rings. The molecule has 0 spiro atoms. The van der Waals surface area contributed by atoms with Crippen LogP contribution in [0.15, 0.2) is 18.3 Å². The maximum Gasteiger partial charge on any atom is 0.280 e. The van der Waals surface area contributed by atoms with Crippen LogP contribution in [0.1, 0.15) is 40.9 Å². The van der Waals surface area contributed by atoms with Crippen molar-refractivity contribution in [3.63, 3.8) is 0 Å². The van der Waals surface area contributed by atoms with Crippen LogP contribution in [0.25, 0.3) is 0 Å². The summed E-state index contributed by atoms with van der Waals surface area (Å²) in [6.07, 6.45) is -1.78. The molecule has 0 fully saturated rings. The van der Waals surface area contributed by atoms with Gasteiger partial charge < -0.3 is 9.64 Å². The summed E-state index contributed by atoms with van der Waals surface area (Å²) in [5.74, 6) is -0.933. The van der Waals surface area contributed by atoms with Gasteiger partial charge in [0.25, 0.3) is 12.3 Å². The molecule has 0 aliphatic heterocycles. The molecule has 0 saturated heterocycles. The fourth-order valence-corrected chi connectivity index (χ4v) is 3.79. The fraction of sp³-hybridized carbons (Fsp3) is 0.375. The van der Waals surface area contributed by atoms with Crippen molar-refractivity contribution in [1.82, 2.24) is 15.1 Å². The fourth-order valence-electron chi connectivity index (χ4n) is 2.60. The number of halogens is 5. The molecule has 5 nitrogen and oxygen atoms in total. The monoisotopic (exact) mass is 425 g/mol. The van der Waals surface area contributed by atoms with Crippen LogP contribution in [0.5, 0.6) is 0 Å². The largest absolute Gasteiger partial charge is 0.364 e. The molecule has 0 radical (unpaired) electrons. The molecule has 142 valence electrons. The number of alkyl halides is 2. The first-order valence-corrected chi connectivity index (χ1v) is 8.63. The number of nitrogens with one attached hydrogen (secondary N) is 1. The van der Waals surface area contributed by atoms with E-state index in [0.717, 1.165) is 6.20 Å². The Morgan fingerprint density at radius 3 is 2.46 bits per heavy atom. The summed E-state index contributed by atoms with van der Waals surface area (Å²) in [7, 11) is 1.40. The highest BCUT2D eigenvalue weighted by molar-refractivity contribution is 6.39. The molecule has 2 rings (SSSR count). The molecule has 1 heterocycles. The highest BCUT2D eigenvalue weighted by atomic mass is 35.5. The molecular weight excluding hydrogens is 411 g/mol. The summed E-state index contributed by atoms with van der Waals surface area (Å²) in [5, 5.41) is 6.78. The summed E-state index contributed by atoms with van der Waals surface area (Å²) >= 11 is 18.3. The first kappa shape index (κ1) is 20.9. The SMILES string of the molecule is COCN(C[C@@H](C)c1c(Cl)cc(Cl)cc1Cl)C(=O)c1cn[nH]c1C(F)F. The van der Waals surface area contributed by atoms with Gasteiger partial charge in [0.2, 0.25) is 0 Å². The second-order valence-electron chi connectivity index (χ2n) is 5.63. The zero-order chi connectivity index (χ0) is 19.4. The number of benzene rings is 1. The van der Waals surface area contributed by atoms with Crippen molar-refractivity contribution >= 4 is 40.7 Å². The van der Waals surface area contributed by atoms with Gasteiger partial charge in [0.05, 0.1) is 11.8 Å². The number of carbonyl (C=O) groups excluding carboxylic acids is 1. The molecule has 1 atom stereocenters. The lowest BCUT2D eigenvalue weighted by molar-refractivity contribution is 0.0394. The summed E-state index contributed by atoms with van der Waals surface area (Å²) in [5.41, 5.74) is -0.142. The first-order chi connectivity index (χ1) is 12.3. The first-order valence-electron chi connectivity index (χ1n) is 7.50. The third kappa shape index (κ3) is 4.65. The Balaban J connectivity index is 2.28. The molecule has 0 unspecified atom stereocenters. The van der Waals surface area contributed by atoms with Gasteiger partial charge in [-0.15, -0.1) is 0 Å². The molecule has 1 aromatic heterocycles. The van der Waals surface area contributed by atoms with Crippen LogP contribution < -0.4 is 0 Å². The summed E-state index contributed by atoms with van der Waals surface area (Å²) < 4.78 is 31.1. The number of aromatic nitrogens is 2. The predicted molar refractivity (Wildman–Crippen MR) is 96.3 cm³/mol. The van der Waals surface area contributed by atoms with Crippen LogP contribution in [-0.4, -0.2) is 41.4 Å². The van der Waals surface area contributed by atoms with E-state index in [-0.39, 0.29) is 24.8 Å². The molecular formula is C16H16Cl3F2N3O2. The molecule has 0 aliphatic rings. The van der Waals surface area contributed by atoms with E-state index < -0.39 is 18.0 Å². The van der Waals surface area contributed by atoms with Crippen molar-refractivity contribution in [3.05, 3.63) is 50.2 Å². The summed E-state index contributed by atoms with van der Waals surface area (Å²) in [6.45, 7) is 1.85. The number of hydrogen-bond donors (Lipinski definition) is 1. The van der Waals surface area contributed by atoms with E-state index in [2.05, 4.69) is 10.2 Å². The Morgan fingerprint density at radius 1 is 1.31 bits per heavy atom. The van der Waals surface area contributed by atoms with E-state index in [1.165, 1.54) is 12.0 Å². The van der Waals surface area contributed by atoms with Crippen LogP contribution in [0.4, 0.5) is 8.78 Å². The van der Waals surface area contributed by atoms with Crippen molar-refractivity contribution in [2.45, 2.75) is 19.3 Å². The van der Waals surface area contributed by atoms with E-state index in [1.54, 1.807) is 19.1 Å². The standard InChI is InChI=1S/C16H16Cl3F2N3O2/c1-8(13-11(18)3-9(17)4-12(13)19)6-24(7-26-2)16(25)10-5-22-23-14(10)15(20)21/h3-5,8,15H,6-7H2,1-2H3,(H,22,23)/t8-/m1/s1. The molecule has 10 heteroatoms. The highest BCUT2D eigenvalue weighted by Gasteiger charge is 2.27. The molecule has 0 bridgehead atoms. The van der Waals surface area contributed by atoms with Crippen LogP contribution in [-0.2, 0) is 4.74 Å². The summed E-state index contributed by atoms with van der Waals surface area (Å²) in [6, 6.07) is 3.10. The maximum atomic E-state index is 13.0. The maximum absolute atomic E-state index is 13.0. The van der Waals surface area contributed by atoms with Gasteiger partial charge in [-0.05, 0) is 17.7 Å². The topological polar surface area (TPSA) is 58.2 Å². The Kier molecular flexibility index (Phi) is 7.23. The predicted octanol–water partition coefficient (Wildman–Crippen LogP) is 5.16. The third-order valence-corrected chi connectivity index (χ3v) is 4.56. The van der Waals surface area contributed by atoms with E-state index in [0.29, 0.717) is 20.6 Å². The number of amides is 1. The van der Waals surface area contributed by atoms with E-state index in [4.69, 9.17) is 39.5 Å². The number of rotatable bonds is 7. The average Bonchev–Trinajstić information content (AvgIpc) is 3.02. The van der Waals surface area contributed by atoms with Crippen molar-refractivity contribution in [2.75, 3.05) is 20.4 Å². The average molecular weight is 427 g/mol. The van der Waals surface area contributed by atoms with E-state index in [9.17, 15) is 13.6 Å². The Labute approximate surface area is 164 Å². The van der Waals surface area contributed by atoms with Gasteiger partial charge in [0.15, 0.2) is 0 Å². The third-order valence-electron chi connectivity index (χ3n) is 3.72. The number of carbonyl (C=O) groups is 1. The van der Waals surface area contributed by atoms with E-state index >= 15 is 0 Å². The lowest BCUT2D eigenvalue weighted by Gasteiger charge is -2.26. The molecule has 1 amide bonds. The zero-order valence-corrected chi connectivity index (χ0v) is 16.2. The van der Waals surface area contributed by atoms with Crippen molar-refractivity contribution in [1.29, 1.82) is 0 Å². The van der Waals surface area contributed by atoms with Crippen LogP contribution in [0.2, 0.25) is 15.1 Å². The van der Waals surface area contributed by atoms with Gasteiger partial charge in [-0.1, -0.05) is 41.7 Å². The van der Waals surface area contributed by atoms with E-state index in [1.807, 2.05) is 0 Å². The molecule has 1 N–H and O–H groups in total. The lowest BCUT2D eigenvalue weighted by atomic mass is 10.00. The normalized spacial score (nSPS) is 12.5. The van der Waals surface area contributed by atoms with Crippen molar-refractivity contribution in [3.8, 4) is 0 Å². The smallest absolute Gasteiger partial charge is 0.280 e. The minimum absolute atomic E-state index is 0.0974. The highest BCUT2D eigenvalue weighted by Crippen LogP contribution is 2.35. The number of aromatic amines is 1. The number of hydrogen-bond acceptors (Lipinski definition) is 3. The number of ether oxygens (including phenoxy) is 1. The Morgan fingerprint density at radius 2 is 1.92 bits per heavy atom. The van der Waals surface area contributed by atoms with Gasteiger partial charge in [0, 0.05) is 34.6 Å². The zero-order valence-electron chi connectivity index (χ0n) is 13.9. The summed E-state index contributed by atoms with van der Waals surface area (Å²) in [4.78, 5) is 14.0. The second kappa shape index (κ2) is 8.99. The van der Waals surface area contributed by atoms with Gasteiger partial charge in [-0.2, -0.15) is 5.10 Å².